The first-order valence-corrected chi connectivity index (χ1v) is 9.84. The number of aromatic nitrogens is 2. The van der Waals surface area contributed by atoms with Gasteiger partial charge < -0.3 is 10.0 Å². The fourth-order valence-electron chi connectivity index (χ4n) is 3.48. The van der Waals surface area contributed by atoms with Gasteiger partial charge >= 0.3 is 6.09 Å². The number of halogens is 1. The highest BCUT2D eigenvalue weighted by atomic mass is 35.5. The van der Waals surface area contributed by atoms with Crippen LogP contribution >= 0.6 is 11.6 Å². The molecule has 0 saturated heterocycles. The van der Waals surface area contributed by atoms with E-state index in [9.17, 15) is 9.59 Å². The molecule has 8 heteroatoms. The minimum absolute atomic E-state index is 0.151. The lowest BCUT2D eigenvalue weighted by molar-refractivity contribution is 0.0992. The van der Waals surface area contributed by atoms with Crippen molar-refractivity contribution in [3.63, 3.8) is 0 Å². The number of nitrogens with zero attached hydrogens (tertiary/aromatic N) is 3. The number of hydrogen-bond acceptors (Lipinski definition) is 3. The minimum atomic E-state index is -1.12. The highest BCUT2D eigenvalue weighted by Gasteiger charge is 2.19. The minimum Gasteiger partial charge on any atom is -0.465 e. The Morgan fingerprint density at radius 3 is 2.35 bits per heavy atom. The molecule has 0 saturated carbocycles. The number of rotatable bonds is 4. The first kappa shape index (κ1) is 20.4. The number of anilines is 2. The van der Waals surface area contributed by atoms with Gasteiger partial charge in [-0.3, -0.25) is 14.5 Å². The van der Waals surface area contributed by atoms with Gasteiger partial charge in [0.05, 0.1) is 17.5 Å². The van der Waals surface area contributed by atoms with Crippen molar-refractivity contribution in [3.05, 3.63) is 83.1 Å². The zero-order valence-corrected chi connectivity index (χ0v) is 17.6. The summed E-state index contributed by atoms with van der Waals surface area (Å²) in [6, 6.07) is 17.6. The van der Waals surface area contributed by atoms with Crippen LogP contribution in [0.1, 0.15) is 16.1 Å². The highest BCUT2D eigenvalue weighted by Crippen LogP contribution is 2.26. The Hall–Kier alpha value is -3.84. The molecule has 2 heterocycles. The molecule has 7 nitrogen and oxygen atoms in total. The van der Waals surface area contributed by atoms with E-state index in [1.54, 1.807) is 66.7 Å². The molecule has 2 aromatic heterocycles. The van der Waals surface area contributed by atoms with Crippen molar-refractivity contribution in [2.45, 2.75) is 6.92 Å². The van der Waals surface area contributed by atoms with Crippen LogP contribution in [-0.4, -0.2) is 33.5 Å². The predicted octanol–water partition coefficient (Wildman–Crippen LogP) is 5.33. The van der Waals surface area contributed by atoms with Gasteiger partial charge in [-0.05, 0) is 55.5 Å². The van der Waals surface area contributed by atoms with Crippen LogP contribution in [0, 0.1) is 6.92 Å². The number of imidazole rings is 1. The molecule has 0 fully saturated rings. The summed E-state index contributed by atoms with van der Waals surface area (Å²) in [5, 5.41) is 11.8. The molecule has 0 aliphatic carbocycles. The van der Waals surface area contributed by atoms with E-state index in [0.29, 0.717) is 21.9 Å². The van der Waals surface area contributed by atoms with E-state index in [2.05, 4.69) is 10.3 Å². The highest BCUT2D eigenvalue weighted by molar-refractivity contribution is 6.30. The maximum absolute atomic E-state index is 13.2. The summed E-state index contributed by atoms with van der Waals surface area (Å²) in [6.07, 6.45) is 0.616. The Bertz CT molecular complexity index is 1280. The second kappa shape index (κ2) is 8.12. The number of carboxylic acid groups (broad SMARTS) is 1. The van der Waals surface area contributed by atoms with Crippen molar-refractivity contribution in [1.29, 1.82) is 0 Å². The topological polar surface area (TPSA) is 86.9 Å². The molecule has 4 aromatic rings. The number of aryl methyl sites for hydroxylation is 1. The normalized spacial score (nSPS) is 10.8. The molecule has 156 valence electrons. The Morgan fingerprint density at radius 1 is 1.03 bits per heavy atom. The summed E-state index contributed by atoms with van der Waals surface area (Å²) in [4.78, 5) is 30.0. The SMILES string of the molecule is Cc1c(C(=O)N(C)c2ccc(Cl)cc2)ccc2ncc(-c3ccc(NC(=O)O)cc3)n12. The van der Waals surface area contributed by atoms with Gasteiger partial charge in [-0.2, -0.15) is 0 Å². The van der Waals surface area contributed by atoms with Crippen LogP contribution in [0.4, 0.5) is 16.2 Å². The molecular formula is C23H19ClN4O3. The van der Waals surface area contributed by atoms with E-state index >= 15 is 0 Å². The third-order valence-corrected chi connectivity index (χ3v) is 5.35. The molecule has 0 spiro atoms. The molecule has 0 atom stereocenters. The van der Waals surface area contributed by atoms with Crippen molar-refractivity contribution < 1.29 is 14.7 Å². The molecule has 0 bridgehead atoms. The number of hydrogen-bond donors (Lipinski definition) is 2. The summed E-state index contributed by atoms with van der Waals surface area (Å²) in [5.41, 5.74) is 4.88. The van der Waals surface area contributed by atoms with E-state index in [4.69, 9.17) is 16.7 Å². The second-order valence-electron chi connectivity index (χ2n) is 7.02. The van der Waals surface area contributed by atoms with E-state index in [1.165, 1.54) is 0 Å². The number of carbonyl (C=O) groups is 2. The third kappa shape index (κ3) is 3.95. The quantitative estimate of drug-likeness (QED) is 0.454. The van der Waals surface area contributed by atoms with E-state index in [1.807, 2.05) is 23.5 Å². The zero-order chi connectivity index (χ0) is 22.1. The fraction of sp³-hybridized carbons (Fsp3) is 0.0870. The summed E-state index contributed by atoms with van der Waals surface area (Å²) in [6.45, 7) is 1.88. The molecule has 0 radical (unpaired) electrons. The molecular weight excluding hydrogens is 416 g/mol. The number of nitrogens with one attached hydrogen (secondary N) is 1. The smallest absolute Gasteiger partial charge is 0.409 e. The lowest BCUT2D eigenvalue weighted by Gasteiger charge is -2.19. The van der Waals surface area contributed by atoms with Crippen LogP contribution < -0.4 is 10.2 Å². The molecule has 4 rings (SSSR count). The predicted molar refractivity (Wildman–Crippen MR) is 121 cm³/mol. The molecule has 0 aliphatic heterocycles. The van der Waals surface area contributed by atoms with Crippen molar-refractivity contribution in [1.82, 2.24) is 9.38 Å². The van der Waals surface area contributed by atoms with Crippen LogP contribution in [0.15, 0.2) is 66.9 Å². The van der Waals surface area contributed by atoms with Crippen LogP contribution in [0.3, 0.4) is 0 Å². The first-order chi connectivity index (χ1) is 14.8. The molecule has 2 amide bonds. The lowest BCUT2D eigenvalue weighted by Crippen LogP contribution is -2.27. The van der Waals surface area contributed by atoms with E-state index in [0.717, 1.165) is 22.6 Å². The average molecular weight is 435 g/mol. The molecule has 0 unspecified atom stereocenters. The van der Waals surface area contributed by atoms with Crippen LogP contribution in [0.5, 0.6) is 0 Å². The van der Waals surface area contributed by atoms with E-state index < -0.39 is 6.09 Å². The summed E-state index contributed by atoms with van der Waals surface area (Å²) in [7, 11) is 1.72. The van der Waals surface area contributed by atoms with Gasteiger partial charge in [-0.25, -0.2) is 9.78 Å². The average Bonchev–Trinajstić information content (AvgIpc) is 3.19. The lowest BCUT2D eigenvalue weighted by atomic mass is 10.1. The number of carbonyl (C=O) groups excluding carboxylic acids is 1. The number of amides is 2. The van der Waals surface area contributed by atoms with Crippen LogP contribution in [-0.2, 0) is 0 Å². The fourth-order valence-corrected chi connectivity index (χ4v) is 3.60. The van der Waals surface area contributed by atoms with Gasteiger partial charge in [0, 0.05) is 34.7 Å². The van der Waals surface area contributed by atoms with Gasteiger partial charge in [-0.1, -0.05) is 23.7 Å². The van der Waals surface area contributed by atoms with Crippen molar-refractivity contribution in [3.8, 4) is 11.3 Å². The summed E-state index contributed by atoms with van der Waals surface area (Å²) >= 11 is 5.95. The van der Waals surface area contributed by atoms with Gasteiger partial charge in [0.2, 0.25) is 0 Å². The van der Waals surface area contributed by atoms with Crippen molar-refractivity contribution >= 4 is 40.6 Å². The number of pyridine rings is 1. The van der Waals surface area contributed by atoms with Crippen LogP contribution in [0.2, 0.25) is 5.02 Å². The third-order valence-electron chi connectivity index (χ3n) is 5.09. The molecule has 0 aliphatic rings. The molecule has 31 heavy (non-hydrogen) atoms. The number of benzene rings is 2. The van der Waals surface area contributed by atoms with Crippen LogP contribution in [0.25, 0.3) is 16.9 Å². The van der Waals surface area contributed by atoms with Gasteiger partial charge in [-0.15, -0.1) is 0 Å². The first-order valence-electron chi connectivity index (χ1n) is 9.46. The van der Waals surface area contributed by atoms with Crippen molar-refractivity contribution in [2.24, 2.45) is 0 Å². The second-order valence-corrected chi connectivity index (χ2v) is 7.45. The Labute approximate surface area is 183 Å². The number of fused-ring (bicyclic) bond motifs is 1. The largest absolute Gasteiger partial charge is 0.465 e. The summed E-state index contributed by atoms with van der Waals surface area (Å²) < 4.78 is 1.92. The van der Waals surface area contributed by atoms with E-state index in [-0.39, 0.29) is 5.91 Å². The maximum Gasteiger partial charge on any atom is 0.409 e. The van der Waals surface area contributed by atoms with Gasteiger partial charge in [0.25, 0.3) is 5.91 Å². The standard InChI is InChI=1S/C23H19ClN4O3/c1-14-19(22(29)27(2)18-9-5-16(24)6-10-18)11-12-21-25-13-20(28(14)21)15-3-7-17(8-4-15)26-23(30)31/h3-13,26H,1-2H3,(H,30,31). The Kier molecular flexibility index (Phi) is 5.35. The Balaban J connectivity index is 1.72. The van der Waals surface area contributed by atoms with Crippen molar-refractivity contribution in [2.75, 3.05) is 17.3 Å². The Morgan fingerprint density at radius 2 is 1.71 bits per heavy atom. The van der Waals surface area contributed by atoms with Gasteiger partial charge in [0.1, 0.15) is 5.65 Å². The van der Waals surface area contributed by atoms with Gasteiger partial charge in [0.15, 0.2) is 0 Å². The summed E-state index contributed by atoms with van der Waals surface area (Å²) in [5.74, 6) is -0.151. The molecule has 2 aromatic carbocycles. The maximum atomic E-state index is 13.2. The monoisotopic (exact) mass is 434 g/mol. The zero-order valence-electron chi connectivity index (χ0n) is 16.8. The molecule has 2 N–H and O–H groups in total.